The zero-order valence-electron chi connectivity index (χ0n) is 20.5. The van der Waals surface area contributed by atoms with Crippen LogP contribution in [0, 0.1) is 13.8 Å². The van der Waals surface area contributed by atoms with Crippen LogP contribution in [-0.2, 0) is 17.9 Å². The Morgan fingerprint density at radius 2 is 1.97 bits per heavy atom. The van der Waals surface area contributed by atoms with Crippen molar-refractivity contribution in [3.8, 4) is 11.5 Å². The number of hydrogen-bond acceptors (Lipinski definition) is 7. The van der Waals surface area contributed by atoms with Crippen molar-refractivity contribution in [3.05, 3.63) is 65.0 Å². The summed E-state index contributed by atoms with van der Waals surface area (Å²) in [5, 5.41) is 6.90. The zero-order valence-corrected chi connectivity index (χ0v) is 20.5. The molecule has 0 bridgehead atoms. The van der Waals surface area contributed by atoms with Crippen LogP contribution in [0.5, 0.6) is 11.5 Å². The summed E-state index contributed by atoms with van der Waals surface area (Å²) in [6, 6.07) is 12.9. The number of hydrogen-bond donors (Lipinski definition) is 1. The Bertz CT molecular complexity index is 1290. The molecule has 0 radical (unpaired) electrons. The molecule has 0 saturated heterocycles. The Labute approximate surface area is 204 Å². The summed E-state index contributed by atoms with van der Waals surface area (Å²) in [4.78, 5) is 17.8. The van der Waals surface area contributed by atoms with Crippen LogP contribution < -0.4 is 14.8 Å². The lowest BCUT2D eigenvalue weighted by Crippen LogP contribution is -2.17. The number of ether oxygens (including phenoxy) is 3. The number of anilines is 1. The lowest BCUT2D eigenvalue weighted by molar-refractivity contribution is 0.102. The number of para-hydroxylation sites is 2. The average Bonchev–Trinajstić information content (AvgIpc) is 3.38. The second-order valence-corrected chi connectivity index (χ2v) is 8.04. The topological polar surface area (TPSA) is 101 Å². The molecular formula is C26H30N4O5. The van der Waals surface area contributed by atoms with Crippen LogP contribution in [0.2, 0.25) is 0 Å². The number of rotatable bonds is 11. The summed E-state index contributed by atoms with van der Waals surface area (Å²) >= 11 is 0. The molecule has 4 aromatic rings. The molecule has 0 saturated carbocycles. The van der Waals surface area contributed by atoms with Crippen molar-refractivity contribution in [1.82, 2.24) is 14.7 Å². The molecule has 0 fully saturated rings. The first kappa shape index (κ1) is 24.3. The van der Waals surface area contributed by atoms with Crippen LogP contribution in [0.15, 0.2) is 47.0 Å². The molecule has 0 spiro atoms. The fourth-order valence-corrected chi connectivity index (χ4v) is 3.83. The Hall–Kier alpha value is -3.85. The quantitative estimate of drug-likeness (QED) is 0.306. The number of imidazole rings is 1. The first-order chi connectivity index (χ1) is 17.0. The fourth-order valence-electron chi connectivity index (χ4n) is 3.83. The van der Waals surface area contributed by atoms with Crippen molar-refractivity contribution in [2.24, 2.45) is 0 Å². The van der Waals surface area contributed by atoms with E-state index in [1.807, 2.05) is 49.6 Å². The van der Waals surface area contributed by atoms with Crippen LogP contribution in [0.1, 0.15) is 40.7 Å². The predicted octanol–water partition coefficient (Wildman–Crippen LogP) is 4.91. The normalized spacial score (nSPS) is 11.1. The number of benzene rings is 2. The van der Waals surface area contributed by atoms with Gasteiger partial charge in [0.05, 0.1) is 29.4 Å². The zero-order chi connectivity index (χ0) is 24.8. The summed E-state index contributed by atoms with van der Waals surface area (Å²) in [5.41, 5.74) is 3.87. The van der Waals surface area contributed by atoms with Gasteiger partial charge in [-0.25, -0.2) is 4.98 Å². The minimum Gasteiger partial charge on any atom is -0.493 e. The van der Waals surface area contributed by atoms with Gasteiger partial charge in [0.25, 0.3) is 5.91 Å². The third-order valence-corrected chi connectivity index (χ3v) is 5.73. The Balaban J connectivity index is 1.51. The van der Waals surface area contributed by atoms with E-state index in [4.69, 9.17) is 18.7 Å². The van der Waals surface area contributed by atoms with Crippen LogP contribution in [0.4, 0.5) is 5.95 Å². The van der Waals surface area contributed by atoms with E-state index < -0.39 is 0 Å². The maximum atomic E-state index is 13.1. The van der Waals surface area contributed by atoms with Gasteiger partial charge < -0.3 is 23.3 Å². The first-order valence-corrected chi connectivity index (χ1v) is 11.6. The summed E-state index contributed by atoms with van der Waals surface area (Å²) in [7, 11) is 1.54. The molecule has 1 N–H and O–H groups in total. The summed E-state index contributed by atoms with van der Waals surface area (Å²) in [6.45, 7) is 7.96. The van der Waals surface area contributed by atoms with E-state index in [9.17, 15) is 4.79 Å². The van der Waals surface area contributed by atoms with Crippen LogP contribution in [-0.4, -0.2) is 40.9 Å². The van der Waals surface area contributed by atoms with Gasteiger partial charge in [0, 0.05) is 25.3 Å². The number of nitrogens with zero attached hydrogens (tertiary/aromatic N) is 3. The van der Waals surface area contributed by atoms with E-state index in [1.54, 1.807) is 18.2 Å². The smallest absolute Gasteiger partial charge is 0.258 e. The number of aryl methyl sites for hydroxylation is 3. The second kappa shape index (κ2) is 11.1. The SMILES string of the molecule is CCOCCCn1c(NC(=O)c2ccc(OCc3c(C)noc3C)c(OC)c2)nc2ccccc21. The maximum Gasteiger partial charge on any atom is 0.258 e. The third kappa shape index (κ3) is 5.46. The lowest BCUT2D eigenvalue weighted by Gasteiger charge is -2.13. The molecule has 4 rings (SSSR count). The van der Waals surface area contributed by atoms with Crippen molar-refractivity contribution in [2.75, 3.05) is 25.6 Å². The van der Waals surface area contributed by atoms with Crippen LogP contribution in [0.25, 0.3) is 11.0 Å². The van der Waals surface area contributed by atoms with Gasteiger partial charge in [-0.1, -0.05) is 17.3 Å². The number of carbonyl (C=O) groups is 1. The molecule has 35 heavy (non-hydrogen) atoms. The summed E-state index contributed by atoms with van der Waals surface area (Å²) in [6.07, 6.45) is 0.808. The molecule has 0 aliphatic rings. The minimum atomic E-state index is -0.290. The Kier molecular flexibility index (Phi) is 7.67. The van der Waals surface area contributed by atoms with Gasteiger partial charge in [0.1, 0.15) is 12.4 Å². The molecule has 0 aliphatic carbocycles. The van der Waals surface area contributed by atoms with Gasteiger partial charge in [-0.2, -0.15) is 0 Å². The lowest BCUT2D eigenvalue weighted by atomic mass is 10.2. The molecular weight excluding hydrogens is 448 g/mol. The number of methoxy groups -OCH3 is 1. The van der Waals surface area contributed by atoms with Gasteiger partial charge in [-0.15, -0.1) is 0 Å². The van der Waals surface area contributed by atoms with Gasteiger partial charge in [-0.3, -0.25) is 10.1 Å². The number of amides is 1. The van der Waals surface area contributed by atoms with E-state index in [1.165, 1.54) is 7.11 Å². The van der Waals surface area contributed by atoms with Crippen LogP contribution >= 0.6 is 0 Å². The van der Waals surface area contributed by atoms with Gasteiger partial charge in [0.2, 0.25) is 5.95 Å². The van der Waals surface area contributed by atoms with Crippen LogP contribution in [0.3, 0.4) is 0 Å². The highest BCUT2D eigenvalue weighted by Crippen LogP contribution is 2.30. The van der Waals surface area contributed by atoms with E-state index in [-0.39, 0.29) is 12.5 Å². The maximum absolute atomic E-state index is 13.1. The monoisotopic (exact) mass is 478 g/mol. The van der Waals surface area contributed by atoms with Gasteiger partial charge in [-0.05, 0) is 57.5 Å². The molecule has 1 amide bonds. The van der Waals surface area contributed by atoms with E-state index in [2.05, 4.69) is 15.5 Å². The first-order valence-electron chi connectivity index (χ1n) is 11.6. The van der Waals surface area contributed by atoms with Gasteiger partial charge >= 0.3 is 0 Å². The molecule has 2 aromatic heterocycles. The highest BCUT2D eigenvalue weighted by molar-refractivity contribution is 6.04. The molecule has 9 nitrogen and oxygen atoms in total. The number of aromatic nitrogens is 3. The minimum absolute atomic E-state index is 0.287. The number of carbonyl (C=O) groups excluding carboxylic acids is 1. The average molecular weight is 479 g/mol. The van der Waals surface area contributed by atoms with E-state index in [0.717, 1.165) is 28.7 Å². The van der Waals surface area contributed by atoms with Crippen molar-refractivity contribution in [2.45, 2.75) is 40.3 Å². The second-order valence-electron chi connectivity index (χ2n) is 8.04. The molecule has 184 valence electrons. The standard InChI is InChI=1S/C26H30N4O5/c1-5-33-14-8-13-30-22-10-7-6-9-21(22)27-26(30)28-25(31)19-11-12-23(24(15-19)32-4)34-16-20-17(2)29-35-18(20)3/h6-7,9-12,15H,5,8,13-14,16H2,1-4H3,(H,27,28,31). The van der Waals surface area contributed by atoms with Crippen molar-refractivity contribution < 1.29 is 23.5 Å². The molecule has 9 heteroatoms. The molecule has 2 heterocycles. The third-order valence-electron chi connectivity index (χ3n) is 5.73. The van der Waals surface area contributed by atoms with E-state index in [0.29, 0.717) is 48.5 Å². The highest BCUT2D eigenvalue weighted by Gasteiger charge is 2.17. The number of fused-ring (bicyclic) bond motifs is 1. The Morgan fingerprint density at radius 1 is 1.14 bits per heavy atom. The molecule has 2 aromatic carbocycles. The Morgan fingerprint density at radius 3 is 2.71 bits per heavy atom. The van der Waals surface area contributed by atoms with Gasteiger partial charge in [0.15, 0.2) is 11.5 Å². The summed E-state index contributed by atoms with van der Waals surface area (Å²) in [5.74, 6) is 1.88. The molecule has 0 atom stereocenters. The fraction of sp³-hybridized carbons (Fsp3) is 0.346. The van der Waals surface area contributed by atoms with Crippen molar-refractivity contribution in [1.29, 1.82) is 0 Å². The molecule has 0 aliphatic heterocycles. The highest BCUT2D eigenvalue weighted by atomic mass is 16.5. The number of nitrogens with one attached hydrogen (secondary N) is 1. The van der Waals surface area contributed by atoms with E-state index >= 15 is 0 Å². The van der Waals surface area contributed by atoms with Crippen molar-refractivity contribution >= 4 is 22.9 Å². The predicted molar refractivity (Wildman–Crippen MR) is 132 cm³/mol. The summed E-state index contributed by atoms with van der Waals surface area (Å²) < 4.78 is 24.1. The largest absolute Gasteiger partial charge is 0.493 e. The van der Waals surface area contributed by atoms with Crippen molar-refractivity contribution in [3.63, 3.8) is 0 Å². The molecule has 0 unspecified atom stereocenters.